The van der Waals surface area contributed by atoms with Crippen molar-refractivity contribution in [3.05, 3.63) is 22.7 Å². The van der Waals surface area contributed by atoms with Gasteiger partial charge in [0.2, 0.25) is 0 Å². The number of ether oxygens (including phenoxy) is 2. The molecule has 0 radical (unpaired) electrons. The normalized spacial score (nSPS) is 22.6. The summed E-state index contributed by atoms with van der Waals surface area (Å²) in [6, 6.07) is 5.39. The molecule has 3 rings (SSSR count). The minimum atomic E-state index is 0.230. The van der Waals surface area contributed by atoms with Crippen LogP contribution in [0.15, 0.2) is 12.1 Å². The van der Waals surface area contributed by atoms with Gasteiger partial charge in [0.25, 0.3) is 0 Å². The summed E-state index contributed by atoms with van der Waals surface area (Å²) < 4.78 is 11.1. The summed E-state index contributed by atoms with van der Waals surface area (Å²) in [4.78, 5) is 7.69. The van der Waals surface area contributed by atoms with E-state index >= 15 is 0 Å². The maximum atomic E-state index is 9.70. The average Bonchev–Trinajstić information content (AvgIpc) is 2.74. The van der Waals surface area contributed by atoms with Crippen LogP contribution in [0.1, 0.15) is 38.7 Å². The Hall–Kier alpha value is -1.05. The van der Waals surface area contributed by atoms with Crippen LogP contribution in [0.2, 0.25) is 5.02 Å². The maximum Gasteiger partial charge on any atom is 0.165 e. The van der Waals surface area contributed by atoms with E-state index in [1.807, 2.05) is 6.07 Å². The number of rotatable bonds is 8. The Morgan fingerprint density at radius 2 is 1.83 bits per heavy atom. The quantitative estimate of drug-likeness (QED) is 0.671. The highest BCUT2D eigenvalue weighted by Crippen LogP contribution is 2.35. The van der Waals surface area contributed by atoms with E-state index in [0.29, 0.717) is 28.9 Å². The van der Waals surface area contributed by atoms with Crippen molar-refractivity contribution in [2.75, 3.05) is 53.6 Å². The Bertz CT molecular complexity index is 680. The lowest BCUT2D eigenvalue weighted by atomic mass is 9.97. The molecule has 170 valence electrons. The summed E-state index contributed by atoms with van der Waals surface area (Å²) in [7, 11) is 3.31. The SMILES string of the molecule is COc1cc(Cl)cc(CN2CCN(C3CCN(C(C)C)CC3)[C@H](CCO)C2)c1OC. The molecule has 0 saturated carbocycles. The van der Waals surface area contributed by atoms with Crippen molar-refractivity contribution >= 4 is 11.6 Å². The van der Waals surface area contributed by atoms with Crippen LogP contribution in [0.5, 0.6) is 11.5 Å². The van der Waals surface area contributed by atoms with Gasteiger partial charge in [0.15, 0.2) is 11.5 Å². The molecular weight excluding hydrogens is 402 g/mol. The number of benzene rings is 1. The fourth-order valence-electron chi connectivity index (χ4n) is 5.06. The molecule has 0 unspecified atom stereocenters. The molecule has 1 aromatic carbocycles. The molecular formula is C23H38ClN3O3. The summed E-state index contributed by atoms with van der Waals surface area (Å²) in [5.74, 6) is 1.42. The molecule has 7 heteroatoms. The second kappa shape index (κ2) is 11.0. The standard InChI is InChI=1S/C23H38ClN3O3/c1-17(2)26-8-5-20(6-9-26)27-11-10-25(16-21(27)7-12-28)15-18-13-19(24)14-22(29-3)23(18)30-4/h13-14,17,20-21,28H,5-12,15-16H2,1-4H3/t21-/m1/s1. The van der Waals surface area contributed by atoms with Gasteiger partial charge in [-0.1, -0.05) is 11.6 Å². The molecule has 2 aliphatic heterocycles. The molecule has 0 aromatic heterocycles. The fraction of sp³-hybridized carbons (Fsp3) is 0.739. The van der Waals surface area contributed by atoms with E-state index in [4.69, 9.17) is 21.1 Å². The van der Waals surface area contributed by atoms with Crippen LogP contribution in [0, 0.1) is 0 Å². The highest BCUT2D eigenvalue weighted by atomic mass is 35.5. The van der Waals surface area contributed by atoms with Crippen LogP contribution >= 0.6 is 11.6 Å². The van der Waals surface area contributed by atoms with E-state index in [2.05, 4.69) is 28.5 Å². The van der Waals surface area contributed by atoms with E-state index in [0.717, 1.165) is 43.9 Å². The molecule has 0 amide bonds. The summed E-state index contributed by atoms with van der Waals surface area (Å²) in [6.45, 7) is 10.9. The Labute approximate surface area is 186 Å². The van der Waals surface area contributed by atoms with Crippen LogP contribution in [-0.4, -0.2) is 91.5 Å². The van der Waals surface area contributed by atoms with E-state index in [1.165, 1.54) is 25.9 Å². The summed E-state index contributed by atoms with van der Waals surface area (Å²) in [6.07, 6.45) is 3.26. The first-order chi connectivity index (χ1) is 14.5. The molecule has 1 aromatic rings. The van der Waals surface area contributed by atoms with Crippen molar-refractivity contribution in [2.24, 2.45) is 0 Å². The van der Waals surface area contributed by atoms with Gasteiger partial charge < -0.3 is 19.5 Å². The topological polar surface area (TPSA) is 48.4 Å². The molecule has 0 bridgehead atoms. The number of halogens is 1. The Morgan fingerprint density at radius 1 is 1.10 bits per heavy atom. The molecule has 0 spiro atoms. The summed E-state index contributed by atoms with van der Waals surface area (Å²) >= 11 is 6.31. The number of nitrogens with zero attached hydrogens (tertiary/aromatic N) is 3. The van der Waals surface area contributed by atoms with Crippen LogP contribution in [0.3, 0.4) is 0 Å². The number of methoxy groups -OCH3 is 2. The second-order valence-electron chi connectivity index (χ2n) is 8.80. The van der Waals surface area contributed by atoms with Gasteiger partial charge in [0.05, 0.1) is 14.2 Å². The van der Waals surface area contributed by atoms with Gasteiger partial charge in [-0.05, 0) is 52.3 Å². The van der Waals surface area contributed by atoms with E-state index in [1.54, 1.807) is 20.3 Å². The van der Waals surface area contributed by atoms with Gasteiger partial charge >= 0.3 is 0 Å². The van der Waals surface area contributed by atoms with Crippen molar-refractivity contribution in [1.29, 1.82) is 0 Å². The largest absolute Gasteiger partial charge is 0.493 e. The first kappa shape index (κ1) is 23.6. The zero-order valence-corrected chi connectivity index (χ0v) is 19.7. The lowest BCUT2D eigenvalue weighted by molar-refractivity contribution is -0.000208. The van der Waals surface area contributed by atoms with Crippen LogP contribution < -0.4 is 9.47 Å². The van der Waals surface area contributed by atoms with Crippen LogP contribution in [-0.2, 0) is 6.54 Å². The zero-order valence-electron chi connectivity index (χ0n) is 18.9. The third-order valence-corrected chi connectivity index (χ3v) is 6.91. The van der Waals surface area contributed by atoms with Crippen molar-refractivity contribution < 1.29 is 14.6 Å². The molecule has 2 aliphatic rings. The van der Waals surface area contributed by atoms with Crippen molar-refractivity contribution in [3.8, 4) is 11.5 Å². The van der Waals surface area contributed by atoms with Crippen molar-refractivity contribution in [1.82, 2.24) is 14.7 Å². The lowest BCUT2D eigenvalue weighted by Gasteiger charge is -2.48. The van der Waals surface area contributed by atoms with Gasteiger partial charge in [-0.2, -0.15) is 0 Å². The minimum absolute atomic E-state index is 0.230. The lowest BCUT2D eigenvalue weighted by Crippen LogP contribution is -2.58. The number of aliphatic hydroxyl groups is 1. The monoisotopic (exact) mass is 439 g/mol. The molecule has 0 aliphatic carbocycles. The third-order valence-electron chi connectivity index (χ3n) is 6.69. The van der Waals surface area contributed by atoms with Crippen molar-refractivity contribution in [2.45, 2.75) is 57.8 Å². The number of piperazine rings is 1. The van der Waals surface area contributed by atoms with Gasteiger partial charge in [-0.25, -0.2) is 0 Å². The number of hydrogen-bond acceptors (Lipinski definition) is 6. The number of aliphatic hydroxyl groups excluding tert-OH is 1. The van der Waals surface area contributed by atoms with Gasteiger partial charge in [-0.3, -0.25) is 9.80 Å². The number of likely N-dealkylation sites (tertiary alicyclic amines) is 1. The maximum absolute atomic E-state index is 9.70. The Morgan fingerprint density at radius 3 is 2.43 bits per heavy atom. The molecule has 2 fully saturated rings. The summed E-state index contributed by atoms with van der Waals surface area (Å²) in [5, 5.41) is 10.4. The Kier molecular flexibility index (Phi) is 8.66. The smallest absolute Gasteiger partial charge is 0.165 e. The van der Waals surface area contributed by atoms with Gasteiger partial charge in [-0.15, -0.1) is 0 Å². The zero-order chi connectivity index (χ0) is 21.7. The first-order valence-corrected chi connectivity index (χ1v) is 11.6. The van der Waals surface area contributed by atoms with E-state index in [-0.39, 0.29) is 6.61 Å². The molecule has 1 N–H and O–H groups in total. The minimum Gasteiger partial charge on any atom is -0.493 e. The third kappa shape index (κ3) is 5.60. The predicted octanol–water partition coefficient (Wildman–Crippen LogP) is 3.10. The van der Waals surface area contributed by atoms with Crippen LogP contribution in [0.4, 0.5) is 0 Å². The number of piperidine rings is 1. The predicted molar refractivity (Wildman–Crippen MR) is 122 cm³/mol. The second-order valence-corrected chi connectivity index (χ2v) is 9.24. The molecule has 6 nitrogen and oxygen atoms in total. The fourth-order valence-corrected chi connectivity index (χ4v) is 5.29. The van der Waals surface area contributed by atoms with Crippen molar-refractivity contribution in [3.63, 3.8) is 0 Å². The molecule has 2 heterocycles. The van der Waals surface area contributed by atoms with Crippen LogP contribution in [0.25, 0.3) is 0 Å². The molecule has 30 heavy (non-hydrogen) atoms. The van der Waals surface area contributed by atoms with E-state index < -0.39 is 0 Å². The highest BCUT2D eigenvalue weighted by molar-refractivity contribution is 6.30. The van der Waals surface area contributed by atoms with Gasteiger partial charge in [0.1, 0.15) is 0 Å². The highest BCUT2D eigenvalue weighted by Gasteiger charge is 2.34. The average molecular weight is 440 g/mol. The van der Waals surface area contributed by atoms with Gasteiger partial charge in [0, 0.05) is 67.6 Å². The molecule has 2 saturated heterocycles. The first-order valence-electron chi connectivity index (χ1n) is 11.2. The summed E-state index contributed by atoms with van der Waals surface area (Å²) in [5.41, 5.74) is 1.04. The van der Waals surface area contributed by atoms with E-state index in [9.17, 15) is 5.11 Å². The number of hydrogen-bond donors (Lipinski definition) is 1. The Balaban J connectivity index is 1.67. The molecule has 1 atom stereocenters.